The van der Waals surface area contributed by atoms with Crippen LogP contribution in [-0.4, -0.2) is 42.9 Å². The summed E-state index contributed by atoms with van der Waals surface area (Å²) in [7, 11) is 1.12. The average Bonchev–Trinajstić information content (AvgIpc) is 3.61. The van der Waals surface area contributed by atoms with Crippen molar-refractivity contribution in [3.8, 4) is 11.5 Å². The molecule has 1 amide bonds. The van der Waals surface area contributed by atoms with Gasteiger partial charge in [0.25, 0.3) is 0 Å². The van der Waals surface area contributed by atoms with E-state index in [4.69, 9.17) is 42.1 Å². The van der Waals surface area contributed by atoms with E-state index in [1.54, 1.807) is 36.4 Å². The molecule has 6 rings (SSSR count). The minimum Gasteiger partial charge on any atom is -0.469 e. The van der Waals surface area contributed by atoms with E-state index in [1.807, 2.05) is 0 Å². The second-order valence-electron chi connectivity index (χ2n) is 9.24. The van der Waals surface area contributed by atoms with Crippen LogP contribution in [-0.2, 0) is 19.1 Å². The average molecular weight is 568 g/mol. The van der Waals surface area contributed by atoms with Crippen molar-refractivity contribution in [3.63, 3.8) is 0 Å². The summed E-state index contributed by atoms with van der Waals surface area (Å²) >= 11 is 12.4. The monoisotopic (exact) mass is 567 g/mol. The summed E-state index contributed by atoms with van der Waals surface area (Å²) in [6.45, 7) is 0.0420. The molecule has 0 aromatic heterocycles. The smallest absolute Gasteiger partial charge is 0.313 e. The lowest BCUT2D eigenvalue weighted by molar-refractivity contribution is -0.151. The van der Waals surface area contributed by atoms with Crippen molar-refractivity contribution in [2.75, 3.05) is 19.2 Å². The first kappa shape index (κ1) is 25.4. The number of hydrogen-bond donors (Lipinski definition) is 1. The fourth-order valence-electron chi connectivity index (χ4n) is 5.44. The van der Waals surface area contributed by atoms with Crippen LogP contribution in [0.25, 0.3) is 0 Å². The Morgan fingerprint density at radius 2 is 1.62 bits per heavy atom. The highest BCUT2D eigenvalue weighted by molar-refractivity contribution is 6.42. The lowest BCUT2D eigenvalue weighted by Crippen LogP contribution is -2.52. The lowest BCUT2D eigenvalue weighted by Gasteiger charge is -2.26. The molecule has 39 heavy (non-hydrogen) atoms. The third-order valence-electron chi connectivity index (χ3n) is 7.20. The van der Waals surface area contributed by atoms with Gasteiger partial charge >= 0.3 is 5.97 Å². The maximum atomic E-state index is 14.0. The number of nitrogens with one attached hydrogen (secondary N) is 1. The molecule has 2 heterocycles. The second-order valence-corrected chi connectivity index (χ2v) is 10.0. The van der Waals surface area contributed by atoms with E-state index >= 15 is 0 Å². The Bertz CT molecular complexity index is 1540. The van der Waals surface area contributed by atoms with E-state index in [0.29, 0.717) is 22.7 Å². The van der Waals surface area contributed by atoms with Gasteiger partial charge in [-0.15, -0.1) is 0 Å². The molecule has 0 bridgehead atoms. The van der Waals surface area contributed by atoms with Crippen LogP contribution in [0.1, 0.15) is 32.4 Å². The van der Waals surface area contributed by atoms with Crippen molar-refractivity contribution < 1.29 is 38.1 Å². The van der Waals surface area contributed by atoms with Crippen molar-refractivity contribution in [2.45, 2.75) is 11.7 Å². The molecule has 3 aromatic rings. The quantitative estimate of drug-likeness (QED) is 0.357. The Morgan fingerprint density at radius 1 is 0.923 bits per heavy atom. The van der Waals surface area contributed by atoms with Crippen LogP contribution in [0.5, 0.6) is 11.5 Å². The third kappa shape index (κ3) is 3.80. The van der Waals surface area contributed by atoms with E-state index in [2.05, 4.69) is 5.32 Å². The number of ketones is 2. The topological polar surface area (TPSA) is 117 Å². The molecule has 1 saturated heterocycles. The first-order valence-electron chi connectivity index (χ1n) is 11.9. The lowest BCUT2D eigenvalue weighted by atomic mass is 9.75. The van der Waals surface area contributed by atoms with E-state index in [0.717, 1.165) is 7.11 Å². The van der Waals surface area contributed by atoms with Crippen molar-refractivity contribution in [2.24, 2.45) is 11.8 Å². The van der Waals surface area contributed by atoms with Gasteiger partial charge < -0.3 is 24.3 Å². The number of carbonyl (C=O) groups excluding carboxylic acids is 4. The highest BCUT2D eigenvalue weighted by Crippen LogP contribution is 2.55. The molecule has 11 heteroatoms. The number of methoxy groups -OCH3 is 1. The van der Waals surface area contributed by atoms with Gasteiger partial charge in [0.1, 0.15) is 5.92 Å². The summed E-state index contributed by atoms with van der Waals surface area (Å²) in [6.07, 6.45) is -1.24. The number of hydrogen-bond acceptors (Lipinski definition) is 8. The molecule has 1 spiro atoms. The minimum absolute atomic E-state index is 0.0420. The number of Topliss-reactive ketones (excluding diaryl/α,β-unsaturated/α-hetero) is 2. The predicted molar refractivity (Wildman–Crippen MR) is 138 cm³/mol. The van der Waals surface area contributed by atoms with Gasteiger partial charge in [0.2, 0.25) is 29.9 Å². The van der Waals surface area contributed by atoms with E-state index in [9.17, 15) is 19.2 Å². The normalized spacial score (nSPS) is 22.2. The number of amides is 1. The highest BCUT2D eigenvalue weighted by Gasteiger charge is 2.71. The molecule has 0 radical (unpaired) electrons. The molecule has 0 saturated carbocycles. The van der Waals surface area contributed by atoms with Crippen LogP contribution < -0.4 is 14.8 Å². The number of rotatable bonds is 4. The Balaban J connectivity index is 1.49. The molecular formula is C28H19Cl2NO8. The number of ether oxygens (including phenoxy) is 4. The third-order valence-corrected chi connectivity index (χ3v) is 7.94. The SMILES string of the molecule is COC(=O)C1C(C(=O)Nc2ccc3c(c2)OCO3)C(c2ccc(Cl)c(Cl)c2)OC12C(=O)c1ccccc1C2=O. The molecule has 1 aliphatic carbocycles. The zero-order valence-corrected chi connectivity index (χ0v) is 21.7. The number of anilines is 1. The minimum atomic E-state index is -2.32. The van der Waals surface area contributed by atoms with Crippen molar-refractivity contribution in [1.82, 2.24) is 0 Å². The Hall–Kier alpha value is -3.92. The fourth-order valence-corrected chi connectivity index (χ4v) is 5.75. The summed E-state index contributed by atoms with van der Waals surface area (Å²) in [5, 5.41) is 3.17. The van der Waals surface area contributed by atoms with Crippen LogP contribution in [0.4, 0.5) is 5.69 Å². The number of esters is 1. The van der Waals surface area contributed by atoms with Gasteiger partial charge in [0.05, 0.1) is 29.2 Å². The van der Waals surface area contributed by atoms with Gasteiger partial charge in [-0.1, -0.05) is 53.5 Å². The van der Waals surface area contributed by atoms with E-state index in [-0.39, 0.29) is 28.0 Å². The van der Waals surface area contributed by atoms with Crippen LogP contribution >= 0.6 is 23.2 Å². The number of fused-ring (bicyclic) bond motifs is 2. The van der Waals surface area contributed by atoms with Crippen molar-refractivity contribution in [3.05, 3.63) is 87.4 Å². The maximum absolute atomic E-state index is 14.0. The molecule has 198 valence electrons. The molecule has 9 nitrogen and oxygen atoms in total. The van der Waals surface area contributed by atoms with Gasteiger partial charge in [0.15, 0.2) is 11.5 Å². The van der Waals surface area contributed by atoms with Crippen LogP contribution in [0.3, 0.4) is 0 Å². The van der Waals surface area contributed by atoms with E-state index in [1.165, 1.54) is 24.3 Å². The largest absolute Gasteiger partial charge is 0.469 e. The standard InChI is InChI=1S/C28H19Cl2NO8/c1-36-27(35)22-21(26(34)31-14-7-9-19-20(11-14)38-12-37-19)23(13-6-8-17(29)18(30)10-13)39-28(22)24(32)15-4-2-3-5-16(15)25(28)33/h2-11,21-23H,12H2,1H3,(H,31,34). The van der Waals surface area contributed by atoms with Gasteiger partial charge in [0, 0.05) is 22.9 Å². The summed E-state index contributed by atoms with van der Waals surface area (Å²) in [5.74, 6) is -5.12. The van der Waals surface area contributed by atoms with Crippen LogP contribution in [0.2, 0.25) is 10.0 Å². The summed E-state index contributed by atoms with van der Waals surface area (Å²) in [4.78, 5) is 55.0. The predicted octanol–water partition coefficient (Wildman–Crippen LogP) is 4.66. The highest BCUT2D eigenvalue weighted by atomic mass is 35.5. The van der Waals surface area contributed by atoms with Gasteiger partial charge in [-0.05, 0) is 29.8 Å². The molecule has 3 atom stereocenters. The number of halogens is 2. The van der Waals surface area contributed by atoms with Crippen molar-refractivity contribution >= 4 is 52.3 Å². The van der Waals surface area contributed by atoms with Crippen LogP contribution in [0, 0.1) is 11.8 Å². The Kier molecular flexibility index (Phi) is 6.10. The molecular weight excluding hydrogens is 549 g/mol. The zero-order chi connectivity index (χ0) is 27.5. The second kappa shape index (κ2) is 9.37. The zero-order valence-electron chi connectivity index (χ0n) is 20.2. The first-order chi connectivity index (χ1) is 18.8. The summed E-state index contributed by atoms with van der Waals surface area (Å²) in [6, 6.07) is 15.5. The molecule has 3 unspecified atom stereocenters. The Labute approximate surface area is 231 Å². The van der Waals surface area contributed by atoms with Gasteiger partial charge in [-0.3, -0.25) is 19.2 Å². The molecule has 3 aromatic carbocycles. The number of benzene rings is 3. The maximum Gasteiger partial charge on any atom is 0.313 e. The molecule has 3 aliphatic rings. The Morgan fingerprint density at radius 3 is 2.28 bits per heavy atom. The van der Waals surface area contributed by atoms with Crippen molar-refractivity contribution in [1.29, 1.82) is 0 Å². The summed E-state index contributed by atoms with van der Waals surface area (Å²) < 4.78 is 22.0. The number of carbonyl (C=O) groups is 4. The van der Waals surface area contributed by atoms with Gasteiger partial charge in [-0.25, -0.2) is 0 Å². The molecule has 1 N–H and O–H groups in total. The summed E-state index contributed by atoms with van der Waals surface area (Å²) in [5.41, 5.74) is -1.43. The molecule has 1 fully saturated rings. The first-order valence-corrected chi connectivity index (χ1v) is 12.6. The van der Waals surface area contributed by atoms with Crippen LogP contribution in [0.15, 0.2) is 60.7 Å². The van der Waals surface area contributed by atoms with E-state index < -0.39 is 47.0 Å². The molecule has 2 aliphatic heterocycles. The fraction of sp³-hybridized carbons (Fsp3) is 0.214. The van der Waals surface area contributed by atoms with Gasteiger partial charge in [-0.2, -0.15) is 0 Å².